The van der Waals surface area contributed by atoms with Gasteiger partial charge in [0.2, 0.25) is 0 Å². The molecule has 0 bridgehead atoms. The van der Waals surface area contributed by atoms with Crippen LogP contribution in [0.2, 0.25) is 0 Å². The van der Waals surface area contributed by atoms with E-state index in [0.717, 1.165) is 30.8 Å². The molecule has 0 saturated carbocycles. The molecule has 2 heteroatoms. The van der Waals surface area contributed by atoms with E-state index in [-0.39, 0.29) is 0 Å². The zero-order chi connectivity index (χ0) is 16.7. The average Bonchev–Trinajstić information content (AvgIpc) is 2.60. The number of ether oxygens (including phenoxy) is 2. The van der Waals surface area contributed by atoms with E-state index in [1.807, 2.05) is 18.2 Å². The van der Waals surface area contributed by atoms with Gasteiger partial charge in [-0.15, -0.1) is 0 Å². The zero-order valence-corrected chi connectivity index (χ0v) is 14.8. The van der Waals surface area contributed by atoms with Crippen molar-refractivity contribution in [2.75, 3.05) is 7.11 Å². The van der Waals surface area contributed by atoms with Crippen molar-refractivity contribution < 1.29 is 9.47 Å². The predicted molar refractivity (Wildman–Crippen MR) is 96.3 cm³/mol. The maximum atomic E-state index is 6.17. The second-order valence-corrected chi connectivity index (χ2v) is 6.13. The summed E-state index contributed by atoms with van der Waals surface area (Å²) in [5, 5.41) is 0. The summed E-state index contributed by atoms with van der Waals surface area (Å²) in [5.41, 5.74) is 3.72. The van der Waals surface area contributed by atoms with Crippen LogP contribution in [0.1, 0.15) is 43.9 Å². The fourth-order valence-electron chi connectivity index (χ4n) is 2.64. The van der Waals surface area contributed by atoms with Crippen molar-refractivity contribution in [1.82, 2.24) is 0 Å². The van der Waals surface area contributed by atoms with Crippen LogP contribution in [0.25, 0.3) is 0 Å². The molecule has 124 valence electrons. The molecule has 2 aromatic carbocycles. The third kappa shape index (κ3) is 4.75. The third-order valence-corrected chi connectivity index (χ3v) is 4.31. The second kappa shape index (κ2) is 8.61. The topological polar surface area (TPSA) is 18.5 Å². The van der Waals surface area contributed by atoms with Crippen LogP contribution in [-0.4, -0.2) is 7.11 Å². The standard InChI is InChI=1S/C21H28O2/c1-5-16(3)12-19-13-17(6-2)14-20(22-4)21(19)23-15-18-10-8-7-9-11-18/h7-11,13-14,16H,5-6,12,15H2,1-4H3. The van der Waals surface area contributed by atoms with Crippen LogP contribution in [0.3, 0.4) is 0 Å². The Balaban J connectivity index is 2.29. The highest BCUT2D eigenvalue weighted by Gasteiger charge is 2.15. The van der Waals surface area contributed by atoms with E-state index < -0.39 is 0 Å². The summed E-state index contributed by atoms with van der Waals surface area (Å²) in [6.45, 7) is 7.25. The molecule has 0 N–H and O–H groups in total. The van der Waals surface area contributed by atoms with E-state index in [9.17, 15) is 0 Å². The van der Waals surface area contributed by atoms with Crippen LogP contribution in [0.4, 0.5) is 0 Å². The minimum absolute atomic E-state index is 0.566. The van der Waals surface area contributed by atoms with Gasteiger partial charge in [0.15, 0.2) is 11.5 Å². The molecule has 0 aliphatic carbocycles. The molecule has 0 saturated heterocycles. The Morgan fingerprint density at radius 2 is 1.74 bits per heavy atom. The molecule has 2 rings (SSSR count). The number of benzene rings is 2. The van der Waals surface area contributed by atoms with E-state index in [0.29, 0.717) is 12.5 Å². The van der Waals surface area contributed by atoms with Crippen LogP contribution in [0.5, 0.6) is 11.5 Å². The van der Waals surface area contributed by atoms with Gasteiger partial charge in [-0.2, -0.15) is 0 Å². The van der Waals surface area contributed by atoms with Gasteiger partial charge in [0.25, 0.3) is 0 Å². The highest BCUT2D eigenvalue weighted by atomic mass is 16.5. The van der Waals surface area contributed by atoms with Crippen molar-refractivity contribution in [1.29, 1.82) is 0 Å². The Bertz CT molecular complexity index is 605. The quantitative estimate of drug-likeness (QED) is 0.647. The van der Waals surface area contributed by atoms with Crippen LogP contribution in [-0.2, 0) is 19.4 Å². The Morgan fingerprint density at radius 1 is 1.00 bits per heavy atom. The molecule has 2 aromatic rings. The van der Waals surface area contributed by atoms with E-state index in [2.05, 4.69) is 45.0 Å². The molecule has 1 atom stereocenters. The molecule has 0 aliphatic rings. The van der Waals surface area contributed by atoms with E-state index in [4.69, 9.17) is 9.47 Å². The van der Waals surface area contributed by atoms with Crippen molar-refractivity contribution in [3.8, 4) is 11.5 Å². The molecule has 0 heterocycles. The third-order valence-electron chi connectivity index (χ3n) is 4.31. The van der Waals surface area contributed by atoms with Gasteiger partial charge in [-0.3, -0.25) is 0 Å². The van der Waals surface area contributed by atoms with E-state index in [1.165, 1.54) is 16.7 Å². The number of hydrogen-bond acceptors (Lipinski definition) is 2. The van der Waals surface area contributed by atoms with E-state index >= 15 is 0 Å². The summed E-state index contributed by atoms with van der Waals surface area (Å²) < 4.78 is 11.8. The molecule has 0 aromatic heterocycles. The number of rotatable bonds is 8. The number of methoxy groups -OCH3 is 1. The zero-order valence-electron chi connectivity index (χ0n) is 14.8. The first-order valence-corrected chi connectivity index (χ1v) is 8.54. The van der Waals surface area contributed by atoms with Gasteiger partial charge in [0.05, 0.1) is 7.11 Å². The summed E-state index contributed by atoms with van der Waals surface area (Å²) in [7, 11) is 1.72. The lowest BCUT2D eigenvalue weighted by Crippen LogP contribution is -2.05. The van der Waals surface area contributed by atoms with Crippen LogP contribution in [0.15, 0.2) is 42.5 Å². The first kappa shape index (κ1) is 17.4. The Hall–Kier alpha value is -1.96. The first-order chi connectivity index (χ1) is 11.2. The van der Waals surface area contributed by atoms with Crippen LogP contribution >= 0.6 is 0 Å². The SMILES string of the molecule is CCc1cc(CC(C)CC)c(OCc2ccccc2)c(OC)c1. The monoisotopic (exact) mass is 312 g/mol. The minimum Gasteiger partial charge on any atom is -0.493 e. The lowest BCUT2D eigenvalue weighted by molar-refractivity contribution is 0.279. The van der Waals surface area contributed by atoms with Crippen LogP contribution < -0.4 is 9.47 Å². The summed E-state index contributed by atoms with van der Waals surface area (Å²) >= 11 is 0. The number of aryl methyl sites for hydroxylation is 1. The molecular weight excluding hydrogens is 284 g/mol. The van der Waals surface area contributed by atoms with Crippen molar-refractivity contribution in [2.24, 2.45) is 5.92 Å². The fraction of sp³-hybridized carbons (Fsp3) is 0.429. The average molecular weight is 312 g/mol. The Labute approximate surface area is 140 Å². The molecule has 2 nitrogen and oxygen atoms in total. The van der Waals surface area contributed by atoms with Gasteiger partial charge in [0, 0.05) is 0 Å². The van der Waals surface area contributed by atoms with Gasteiger partial charge in [-0.05, 0) is 41.5 Å². The van der Waals surface area contributed by atoms with E-state index in [1.54, 1.807) is 7.11 Å². The second-order valence-electron chi connectivity index (χ2n) is 6.13. The minimum atomic E-state index is 0.566. The molecule has 0 amide bonds. The smallest absolute Gasteiger partial charge is 0.164 e. The summed E-state index contributed by atoms with van der Waals surface area (Å²) in [4.78, 5) is 0. The Kier molecular flexibility index (Phi) is 6.52. The van der Waals surface area contributed by atoms with Gasteiger partial charge >= 0.3 is 0 Å². The molecule has 23 heavy (non-hydrogen) atoms. The van der Waals surface area contributed by atoms with Crippen molar-refractivity contribution >= 4 is 0 Å². The van der Waals surface area contributed by atoms with Crippen molar-refractivity contribution in [2.45, 2.75) is 46.6 Å². The predicted octanol–water partition coefficient (Wildman–Crippen LogP) is 5.43. The largest absolute Gasteiger partial charge is 0.493 e. The highest BCUT2D eigenvalue weighted by Crippen LogP contribution is 2.35. The molecule has 0 radical (unpaired) electrons. The van der Waals surface area contributed by atoms with Crippen LogP contribution in [0, 0.1) is 5.92 Å². The summed E-state index contributed by atoms with van der Waals surface area (Å²) in [6.07, 6.45) is 3.18. The molecular formula is C21H28O2. The number of hydrogen-bond donors (Lipinski definition) is 0. The molecule has 1 unspecified atom stereocenters. The highest BCUT2D eigenvalue weighted by molar-refractivity contribution is 5.50. The lowest BCUT2D eigenvalue weighted by atomic mass is 9.95. The lowest BCUT2D eigenvalue weighted by Gasteiger charge is -2.19. The maximum absolute atomic E-state index is 6.17. The molecule has 0 fully saturated rings. The normalized spacial score (nSPS) is 12.0. The van der Waals surface area contributed by atoms with Crippen molar-refractivity contribution in [3.05, 3.63) is 59.2 Å². The van der Waals surface area contributed by atoms with Crippen molar-refractivity contribution in [3.63, 3.8) is 0 Å². The molecule has 0 spiro atoms. The maximum Gasteiger partial charge on any atom is 0.164 e. The summed E-state index contributed by atoms with van der Waals surface area (Å²) in [6, 6.07) is 14.6. The van der Waals surface area contributed by atoms with Gasteiger partial charge in [-0.25, -0.2) is 0 Å². The van der Waals surface area contributed by atoms with Gasteiger partial charge in [-0.1, -0.05) is 63.6 Å². The summed E-state index contributed by atoms with van der Waals surface area (Å²) in [5.74, 6) is 2.37. The Morgan fingerprint density at radius 3 is 2.35 bits per heavy atom. The van der Waals surface area contributed by atoms with Gasteiger partial charge in [0.1, 0.15) is 6.61 Å². The molecule has 0 aliphatic heterocycles. The first-order valence-electron chi connectivity index (χ1n) is 8.54. The fourth-order valence-corrected chi connectivity index (χ4v) is 2.64. The van der Waals surface area contributed by atoms with Gasteiger partial charge < -0.3 is 9.47 Å².